The van der Waals surface area contributed by atoms with Gasteiger partial charge in [-0.2, -0.15) is 0 Å². The summed E-state index contributed by atoms with van der Waals surface area (Å²) in [6.07, 6.45) is -0.162. The van der Waals surface area contributed by atoms with Gasteiger partial charge in [0.25, 0.3) is 0 Å². The normalized spacial score (nSPS) is 11.9. The van der Waals surface area contributed by atoms with Crippen LogP contribution in [0.5, 0.6) is 11.5 Å². The number of benzene rings is 1. The average Bonchev–Trinajstić information content (AvgIpc) is 2.29. The van der Waals surface area contributed by atoms with Gasteiger partial charge in [-0.15, -0.1) is 0 Å². The largest absolute Gasteiger partial charge is 0.487 e. The van der Waals surface area contributed by atoms with E-state index in [0.717, 1.165) is 0 Å². The molecular formula is C12H18N2O4. The molecule has 100 valence electrons. The molecule has 6 nitrogen and oxygen atoms in total. The third-order valence-corrected chi connectivity index (χ3v) is 2.26. The van der Waals surface area contributed by atoms with E-state index < -0.39 is 4.92 Å². The number of likely N-dealkylation sites (N-methyl/N-ethyl adjacent to an activating group) is 1. The van der Waals surface area contributed by atoms with Crippen LogP contribution < -0.4 is 14.8 Å². The standard InChI is InChI=1S/C12H18N2O4/c1-4-17-10-6-5-7-11(12(10)14(15)16)18-9(2)8-13-3/h5-7,9,13H,4,8H2,1-3H3. The van der Waals surface area contributed by atoms with Crippen molar-refractivity contribution < 1.29 is 14.4 Å². The minimum atomic E-state index is -0.480. The fourth-order valence-electron chi connectivity index (χ4n) is 1.60. The van der Waals surface area contributed by atoms with Gasteiger partial charge in [-0.05, 0) is 33.0 Å². The summed E-state index contributed by atoms with van der Waals surface area (Å²) in [6.45, 7) is 4.60. The van der Waals surface area contributed by atoms with Gasteiger partial charge >= 0.3 is 5.69 Å². The summed E-state index contributed by atoms with van der Waals surface area (Å²) < 4.78 is 10.8. The third kappa shape index (κ3) is 3.59. The second-order valence-electron chi connectivity index (χ2n) is 3.78. The van der Waals surface area contributed by atoms with E-state index in [4.69, 9.17) is 9.47 Å². The first kappa shape index (κ1) is 14.2. The van der Waals surface area contributed by atoms with Gasteiger partial charge in [0.1, 0.15) is 6.10 Å². The van der Waals surface area contributed by atoms with Crippen LogP contribution in [-0.2, 0) is 0 Å². The zero-order valence-electron chi connectivity index (χ0n) is 10.8. The van der Waals surface area contributed by atoms with Gasteiger partial charge in [-0.25, -0.2) is 0 Å². The predicted octanol–water partition coefficient (Wildman–Crippen LogP) is 1.98. The molecule has 1 N–H and O–H groups in total. The van der Waals surface area contributed by atoms with Crippen LogP contribution in [0.2, 0.25) is 0 Å². The summed E-state index contributed by atoms with van der Waals surface area (Å²) in [7, 11) is 1.80. The number of nitrogens with zero attached hydrogens (tertiary/aromatic N) is 1. The van der Waals surface area contributed by atoms with E-state index in [1.807, 2.05) is 6.92 Å². The van der Waals surface area contributed by atoms with E-state index in [9.17, 15) is 10.1 Å². The Labute approximate surface area is 106 Å². The van der Waals surface area contributed by atoms with Gasteiger partial charge in [-0.1, -0.05) is 6.07 Å². The second kappa shape index (κ2) is 6.80. The Balaban J connectivity index is 3.02. The van der Waals surface area contributed by atoms with Gasteiger partial charge in [-0.3, -0.25) is 10.1 Å². The van der Waals surface area contributed by atoms with Crippen molar-refractivity contribution in [3.63, 3.8) is 0 Å². The number of rotatable bonds is 7. The maximum Gasteiger partial charge on any atom is 0.352 e. The Morgan fingerprint density at radius 1 is 1.44 bits per heavy atom. The molecule has 0 aromatic heterocycles. The lowest BCUT2D eigenvalue weighted by Crippen LogP contribution is -2.26. The van der Waals surface area contributed by atoms with Crippen LogP contribution >= 0.6 is 0 Å². The molecule has 1 atom stereocenters. The summed E-state index contributed by atoms with van der Waals surface area (Å²) in [4.78, 5) is 10.6. The highest BCUT2D eigenvalue weighted by atomic mass is 16.6. The Morgan fingerprint density at radius 3 is 2.67 bits per heavy atom. The Kier molecular flexibility index (Phi) is 5.38. The van der Waals surface area contributed by atoms with Gasteiger partial charge in [0.15, 0.2) is 0 Å². The highest BCUT2D eigenvalue weighted by molar-refractivity contribution is 5.57. The minimum absolute atomic E-state index is 0.123. The summed E-state index contributed by atoms with van der Waals surface area (Å²) in [5, 5.41) is 14.0. The maximum absolute atomic E-state index is 11.1. The molecule has 0 aliphatic carbocycles. The summed E-state index contributed by atoms with van der Waals surface area (Å²) in [5.41, 5.74) is -0.123. The molecule has 0 fully saturated rings. The minimum Gasteiger partial charge on any atom is -0.487 e. The monoisotopic (exact) mass is 254 g/mol. The second-order valence-corrected chi connectivity index (χ2v) is 3.78. The van der Waals surface area contributed by atoms with Crippen molar-refractivity contribution in [3.05, 3.63) is 28.3 Å². The molecule has 0 spiro atoms. The van der Waals surface area contributed by atoms with Crippen LogP contribution in [0.1, 0.15) is 13.8 Å². The molecule has 0 aliphatic rings. The first-order chi connectivity index (χ1) is 8.60. The molecule has 1 rings (SSSR count). The van der Waals surface area contributed by atoms with Crippen molar-refractivity contribution in [3.8, 4) is 11.5 Å². The van der Waals surface area contributed by atoms with Crippen LogP contribution in [0.25, 0.3) is 0 Å². The van der Waals surface area contributed by atoms with E-state index in [2.05, 4.69) is 5.32 Å². The van der Waals surface area contributed by atoms with E-state index in [1.54, 1.807) is 32.2 Å². The molecule has 0 aliphatic heterocycles. The highest BCUT2D eigenvalue weighted by Gasteiger charge is 2.23. The molecule has 0 saturated carbocycles. The molecule has 0 amide bonds. The van der Waals surface area contributed by atoms with Gasteiger partial charge in [0.05, 0.1) is 11.5 Å². The quantitative estimate of drug-likeness (QED) is 0.595. The lowest BCUT2D eigenvalue weighted by molar-refractivity contribution is -0.387. The van der Waals surface area contributed by atoms with Crippen LogP contribution in [0.3, 0.4) is 0 Å². The van der Waals surface area contributed by atoms with E-state index in [0.29, 0.717) is 13.2 Å². The van der Waals surface area contributed by atoms with Gasteiger partial charge in [0.2, 0.25) is 11.5 Å². The number of para-hydroxylation sites is 1. The van der Waals surface area contributed by atoms with Crippen LogP contribution in [0.4, 0.5) is 5.69 Å². The number of ether oxygens (including phenoxy) is 2. The van der Waals surface area contributed by atoms with Crippen LogP contribution in [0.15, 0.2) is 18.2 Å². The summed E-state index contributed by atoms with van der Waals surface area (Å²) in [5.74, 6) is 0.463. The Hall–Kier alpha value is -1.82. The van der Waals surface area contributed by atoms with Crippen molar-refractivity contribution in [1.29, 1.82) is 0 Å². The van der Waals surface area contributed by atoms with E-state index in [-0.39, 0.29) is 23.3 Å². The summed E-state index contributed by atoms with van der Waals surface area (Å²) in [6, 6.07) is 4.82. The van der Waals surface area contributed by atoms with Crippen molar-refractivity contribution in [2.75, 3.05) is 20.2 Å². The SMILES string of the molecule is CCOc1cccc(OC(C)CNC)c1[N+](=O)[O-]. The number of nitro groups is 1. The fourth-order valence-corrected chi connectivity index (χ4v) is 1.60. The maximum atomic E-state index is 11.1. The smallest absolute Gasteiger partial charge is 0.352 e. The molecule has 0 radical (unpaired) electrons. The summed E-state index contributed by atoms with van der Waals surface area (Å²) >= 11 is 0. The number of hydrogen-bond donors (Lipinski definition) is 1. The average molecular weight is 254 g/mol. The van der Waals surface area contributed by atoms with Crippen molar-refractivity contribution in [2.45, 2.75) is 20.0 Å². The van der Waals surface area contributed by atoms with Crippen LogP contribution in [0, 0.1) is 10.1 Å². The Morgan fingerprint density at radius 2 is 2.11 bits per heavy atom. The van der Waals surface area contributed by atoms with Crippen LogP contribution in [-0.4, -0.2) is 31.2 Å². The third-order valence-electron chi connectivity index (χ3n) is 2.26. The number of hydrogen-bond acceptors (Lipinski definition) is 5. The number of nitrogens with one attached hydrogen (secondary N) is 1. The molecule has 1 unspecified atom stereocenters. The lowest BCUT2D eigenvalue weighted by atomic mass is 10.2. The fraction of sp³-hybridized carbons (Fsp3) is 0.500. The zero-order valence-corrected chi connectivity index (χ0v) is 10.8. The van der Waals surface area contributed by atoms with Crippen molar-refractivity contribution in [2.24, 2.45) is 0 Å². The predicted molar refractivity (Wildman–Crippen MR) is 68.3 cm³/mol. The molecule has 1 aromatic carbocycles. The van der Waals surface area contributed by atoms with Crippen molar-refractivity contribution >= 4 is 5.69 Å². The van der Waals surface area contributed by atoms with E-state index >= 15 is 0 Å². The molecule has 0 heterocycles. The number of nitro benzene ring substituents is 1. The molecule has 0 bridgehead atoms. The molecule has 6 heteroatoms. The van der Waals surface area contributed by atoms with E-state index in [1.165, 1.54) is 0 Å². The molecule has 18 heavy (non-hydrogen) atoms. The van der Waals surface area contributed by atoms with Crippen molar-refractivity contribution in [1.82, 2.24) is 5.32 Å². The first-order valence-electron chi connectivity index (χ1n) is 5.81. The van der Waals surface area contributed by atoms with Gasteiger partial charge in [0, 0.05) is 6.54 Å². The molecule has 1 aromatic rings. The first-order valence-corrected chi connectivity index (χ1v) is 5.81. The zero-order chi connectivity index (χ0) is 13.5. The molecular weight excluding hydrogens is 236 g/mol. The molecule has 0 saturated heterocycles. The Bertz CT molecular complexity index is 409. The van der Waals surface area contributed by atoms with Gasteiger partial charge < -0.3 is 14.8 Å². The highest BCUT2D eigenvalue weighted by Crippen LogP contribution is 2.36. The topological polar surface area (TPSA) is 73.6 Å². The lowest BCUT2D eigenvalue weighted by Gasteiger charge is -2.15.